The topological polar surface area (TPSA) is 175 Å². The smallest absolute Gasteiger partial charge is 0.407 e. The zero-order chi connectivity index (χ0) is 42.2. The van der Waals surface area contributed by atoms with Gasteiger partial charge in [0.05, 0.1) is 49.2 Å². The number of H-pyrrole nitrogens is 2. The van der Waals surface area contributed by atoms with Crippen molar-refractivity contribution in [1.82, 2.24) is 40.4 Å². The maximum absolute atomic E-state index is 14.0. The van der Waals surface area contributed by atoms with E-state index in [0.717, 1.165) is 87.9 Å². The number of ether oxygens (including phenoxy) is 2. The van der Waals surface area contributed by atoms with E-state index in [-0.39, 0.29) is 41.8 Å². The SMILES string of the molecule is COC(=O)NC(C(=O)N1CCC[C@H]1c1ncc(-c2ccc3cc(C#Cc4ccc5nc([C@@H]6[C@H]7CC[C@H](C7)N6C(=O)[C@@H](NC(=O)OC)C(C)C)[nH]c5c4)ccc3c2)[nH]1)C(C)C. The fourth-order valence-corrected chi connectivity index (χ4v) is 9.25. The molecule has 0 spiro atoms. The zero-order valence-corrected chi connectivity index (χ0v) is 34.9. The number of aromatic nitrogens is 4. The Morgan fingerprint density at radius 1 is 0.783 bits per heavy atom. The Labute approximate surface area is 349 Å². The molecule has 3 aliphatic rings. The van der Waals surface area contributed by atoms with E-state index in [4.69, 9.17) is 19.4 Å². The standard InChI is InChI=1S/C46H52N8O6/c1-25(2)38(51-45(57)59-5)43(55)53-19-7-8-37(53)41-47-24-36(50-41)31-15-14-29-20-27(11-13-30(29)22-31)9-10-28-12-18-34-35(21-28)49-42(48-34)40-32-16-17-33(23-32)54(40)44(56)39(26(3)4)52-46(58)60-6/h11-15,18,20-22,24-26,32-33,37-40H,7-8,16-17,19,23H2,1-6H3,(H,47,50)(H,48,49)(H,51,57)(H,52,58)/t32-,33+,37-,38?,39-,40-/m0/s1. The first-order chi connectivity index (χ1) is 28.9. The van der Waals surface area contributed by atoms with Crippen LogP contribution >= 0.6 is 0 Å². The molecule has 1 aliphatic carbocycles. The third-order valence-corrected chi connectivity index (χ3v) is 12.4. The second kappa shape index (κ2) is 16.7. The molecule has 60 heavy (non-hydrogen) atoms. The lowest BCUT2D eigenvalue weighted by molar-refractivity contribution is -0.139. The van der Waals surface area contributed by atoms with Crippen LogP contribution < -0.4 is 10.6 Å². The second-order valence-electron chi connectivity index (χ2n) is 16.9. The van der Waals surface area contributed by atoms with Gasteiger partial charge in [-0.25, -0.2) is 19.6 Å². The summed E-state index contributed by atoms with van der Waals surface area (Å²) in [5, 5.41) is 7.56. The molecule has 14 heteroatoms. The van der Waals surface area contributed by atoms with Gasteiger partial charge in [-0.05, 0) is 97.0 Å². The predicted molar refractivity (Wildman–Crippen MR) is 226 cm³/mol. The van der Waals surface area contributed by atoms with E-state index in [1.54, 1.807) is 0 Å². The van der Waals surface area contributed by atoms with Crippen LogP contribution in [0.3, 0.4) is 0 Å². The highest BCUT2D eigenvalue weighted by Gasteiger charge is 2.51. The van der Waals surface area contributed by atoms with Crippen LogP contribution in [-0.4, -0.2) is 92.6 Å². The number of carbonyl (C=O) groups excluding carboxylic acids is 4. The van der Waals surface area contributed by atoms with Crippen molar-refractivity contribution < 1.29 is 28.7 Å². The molecule has 8 rings (SSSR count). The zero-order valence-electron chi connectivity index (χ0n) is 34.9. The highest BCUT2D eigenvalue weighted by molar-refractivity contribution is 5.89. The number of amides is 4. The minimum absolute atomic E-state index is 0.101. The number of piperidine rings is 1. The molecule has 312 valence electrons. The average Bonchev–Trinajstić information content (AvgIpc) is 4.11. The van der Waals surface area contributed by atoms with Gasteiger partial charge in [-0.1, -0.05) is 57.7 Å². The highest BCUT2D eigenvalue weighted by Crippen LogP contribution is 2.50. The van der Waals surface area contributed by atoms with E-state index in [1.807, 2.05) is 68.0 Å². The van der Waals surface area contributed by atoms with Gasteiger partial charge in [0, 0.05) is 29.3 Å². The molecule has 2 saturated heterocycles. The molecule has 0 radical (unpaired) electrons. The summed E-state index contributed by atoms with van der Waals surface area (Å²) in [6.07, 6.45) is 5.09. The van der Waals surface area contributed by atoms with E-state index >= 15 is 0 Å². The van der Waals surface area contributed by atoms with Crippen LogP contribution in [0.25, 0.3) is 33.1 Å². The number of alkyl carbamates (subject to hydrolysis) is 2. The molecule has 5 aromatic rings. The number of nitrogens with zero attached hydrogens (tertiary/aromatic N) is 4. The maximum atomic E-state index is 14.0. The molecule has 4 amide bonds. The Morgan fingerprint density at radius 3 is 2.17 bits per heavy atom. The summed E-state index contributed by atoms with van der Waals surface area (Å²) in [5.74, 6) is 7.97. The summed E-state index contributed by atoms with van der Waals surface area (Å²) in [6.45, 7) is 8.24. The van der Waals surface area contributed by atoms with Crippen LogP contribution in [0.1, 0.15) is 94.7 Å². The average molecular weight is 813 g/mol. The van der Waals surface area contributed by atoms with E-state index in [9.17, 15) is 19.2 Å². The molecular formula is C46H52N8O6. The van der Waals surface area contributed by atoms with Gasteiger partial charge in [-0.2, -0.15) is 0 Å². The van der Waals surface area contributed by atoms with Crippen LogP contribution in [-0.2, 0) is 19.1 Å². The highest BCUT2D eigenvalue weighted by atomic mass is 16.5. The van der Waals surface area contributed by atoms with Gasteiger partial charge in [0.15, 0.2) is 0 Å². The quantitative estimate of drug-likeness (QED) is 0.115. The number of benzene rings is 3. The van der Waals surface area contributed by atoms with E-state index in [1.165, 1.54) is 14.2 Å². The number of hydrogen-bond acceptors (Lipinski definition) is 8. The van der Waals surface area contributed by atoms with E-state index in [0.29, 0.717) is 12.5 Å². The summed E-state index contributed by atoms with van der Waals surface area (Å²) in [5.41, 5.74) is 5.23. The Kier molecular flexibility index (Phi) is 11.3. The first-order valence-electron chi connectivity index (χ1n) is 20.8. The fourth-order valence-electron chi connectivity index (χ4n) is 9.25. The Balaban J connectivity index is 0.967. The first kappa shape index (κ1) is 40.4. The lowest BCUT2D eigenvalue weighted by Gasteiger charge is -2.37. The lowest BCUT2D eigenvalue weighted by atomic mass is 9.95. The van der Waals surface area contributed by atoms with Crippen molar-refractivity contribution in [3.63, 3.8) is 0 Å². The van der Waals surface area contributed by atoms with Gasteiger partial charge in [0.25, 0.3) is 0 Å². The van der Waals surface area contributed by atoms with Crippen molar-refractivity contribution in [2.75, 3.05) is 20.8 Å². The van der Waals surface area contributed by atoms with Crippen LogP contribution in [0, 0.1) is 29.6 Å². The number of carbonyl (C=O) groups is 4. The van der Waals surface area contributed by atoms with Gasteiger partial charge < -0.3 is 39.9 Å². The lowest BCUT2D eigenvalue weighted by Crippen LogP contribution is -2.54. The molecule has 3 fully saturated rings. The van der Waals surface area contributed by atoms with Gasteiger partial charge in [0.2, 0.25) is 11.8 Å². The summed E-state index contributed by atoms with van der Waals surface area (Å²) in [7, 11) is 2.59. The Hall–Kier alpha value is -6.36. The van der Waals surface area contributed by atoms with Gasteiger partial charge in [-0.3, -0.25) is 9.59 Å². The van der Waals surface area contributed by atoms with Crippen molar-refractivity contribution in [1.29, 1.82) is 0 Å². The number of fused-ring (bicyclic) bond motifs is 4. The van der Waals surface area contributed by atoms with Crippen molar-refractivity contribution in [2.45, 2.75) is 90.0 Å². The fraction of sp³-hybridized carbons (Fsp3) is 0.435. The number of nitrogens with one attached hydrogen (secondary N) is 4. The number of likely N-dealkylation sites (tertiary alicyclic amines) is 2. The summed E-state index contributed by atoms with van der Waals surface area (Å²) in [4.78, 5) is 72.1. The number of imidazole rings is 2. The largest absolute Gasteiger partial charge is 0.453 e. The van der Waals surface area contributed by atoms with Crippen LogP contribution in [0.2, 0.25) is 0 Å². The minimum Gasteiger partial charge on any atom is -0.453 e. The van der Waals surface area contributed by atoms with Gasteiger partial charge in [-0.15, -0.1) is 0 Å². The number of hydrogen-bond donors (Lipinski definition) is 4. The molecular weight excluding hydrogens is 761 g/mol. The maximum Gasteiger partial charge on any atom is 0.407 e. The van der Waals surface area contributed by atoms with E-state index in [2.05, 4.69) is 62.8 Å². The minimum atomic E-state index is -0.692. The van der Waals surface area contributed by atoms with Crippen molar-refractivity contribution >= 4 is 45.8 Å². The third-order valence-electron chi connectivity index (χ3n) is 12.4. The predicted octanol–water partition coefficient (Wildman–Crippen LogP) is 6.98. The Morgan fingerprint density at radius 2 is 1.45 bits per heavy atom. The molecule has 1 saturated carbocycles. The van der Waals surface area contributed by atoms with Crippen molar-refractivity contribution in [3.8, 4) is 23.1 Å². The van der Waals surface area contributed by atoms with Gasteiger partial charge >= 0.3 is 12.2 Å². The second-order valence-corrected chi connectivity index (χ2v) is 16.9. The normalized spacial score (nSPS) is 20.7. The van der Waals surface area contributed by atoms with Crippen LogP contribution in [0.15, 0.2) is 60.8 Å². The molecule has 1 unspecified atom stereocenters. The van der Waals surface area contributed by atoms with Crippen molar-refractivity contribution in [3.05, 3.63) is 83.6 Å². The summed E-state index contributed by atoms with van der Waals surface area (Å²) >= 11 is 0. The number of aromatic amines is 2. The molecule has 2 aliphatic heterocycles. The third kappa shape index (κ3) is 7.88. The van der Waals surface area contributed by atoms with Crippen LogP contribution in [0.5, 0.6) is 0 Å². The monoisotopic (exact) mass is 812 g/mol. The molecule has 4 heterocycles. The molecule has 6 atom stereocenters. The summed E-state index contributed by atoms with van der Waals surface area (Å²) in [6, 6.07) is 16.7. The summed E-state index contributed by atoms with van der Waals surface area (Å²) < 4.78 is 9.59. The van der Waals surface area contributed by atoms with Crippen molar-refractivity contribution in [2.24, 2.45) is 17.8 Å². The number of rotatable bonds is 9. The number of methoxy groups -OCH3 is 2. The molecule has 2 bridgehead atoms. The van der Waals surface area contributed by atoms with Crippen LogP contribution in [0.4, 0.5) is 9.59 Å². The molecule has 4 N–H and O–H groups in total. The Bertz CT molecular complexity index is 2510. The van der Waals surface area contributed by atoms with E-state index < -0.39 is 24.3 Å². The molecule has 2 aromatic heterocycles. The first-order valence-corrected chi connectivity index (χ1v) is 20.8. The molecule has 14 nitrogen and oxygen atoms in total. The molecule has 3 aromatic carbocycles. The van der Waals surface area contributed by atoms with Gasteiger partial charge in [0.1, 0.15) is 23.7 Å².